The Morgan fingerprint density at radius 1 is 0.462 bits per heavy atom. The number of aromatic nitrogens is 2. The van der Waals surface area contributed by atoms with Crippen molar-refractivity contribution >= 4 is 11.8 Å². The van der Waals surface area contributed by atoms with Crippen LogP contribution < -0.4 is 0 Å². The summed E-state index contributed by atoms with van der Waals surface area (Å²) in [6.07, 6.45) is 0. The minimum atomic E-state index is -0.547. The van der Waals surface area contributed by atoms with Crippen molar-refractivity contribution in [3.8, 4) is 62.2 Å². The molecule has 242 valence electrons. The van der Waals surface area contributed by atoms with Gasteiger partial charge >= 0.3 is 0 Å². The van der Waals surface area contributed by atoms with Crippen LogP contribution in [0.15, 0.2) is 186 Å². The van der Waals surface area contributed by atoms with Crippen molar-refractivity contribution < 1.29 is 0 Å². The van der Waals surface area contributed by atoms with Gasteiger partial charge in [0.25, 0.3) is 0 Å². The van der Waals surface area contributed by atoms with Gasteiger partial charge in [-0.15, -0.1) is 0 Å². The zero-order valence-corrected chi connectivity index (χ0v) is 28.8. The third-order valence-corrected chi connectivity index (χ3v) is 11.7. The predicted molar refractivity (Wildman–Crippen MR) is 210 cm³/mol. The number of nitriles is 1. The van der Waals surface area contributed by atoms with Crippen LogP contribution in [0.4, 0.5) is 0 Å². The van der Waals surface area contributed by atoms with E-state index in [0.717, 1.165) is 44.8 Å². The lowest BCUT2D eigenvalue weighted by Gasteiger charge is -2.40. The van der Waals surface area contributed by atoms with E-state index in [9.17, 15) is 5.26 Å². The monoisotopic (exact) mass is 679 g/mol. The quantitative estimate of drug-likeness (QED) is 0.186. The van der Waals surface area contributed by atoms with Gasteiger partial charge < -0.3 is 0 Å². The highest BCUT2D eigenvalue weighted by molar-refractivity contribution is 7.99. The lowest BCUT2D eigenvalue weighted by molar-refractivity contribution is 0.723. The van der Waals surface area contributed by atoms with Crippen LogP contribution in [0.1, 0.15) is 27.8 Å². The smallest absolute Gasteiger partial charge is 0.160 e. The van der Waals surface area contributed by atoms with Crippen molar-refractivity contribution in [2.75, 3.05) is 0 Å². The first-order chi connectivity index (χ1) is 25.7. The maximum Gasteiger partial charge on any atom is 0.160 e. The SMILES string of the molecule is N#Cc1cccc2c1-c1ccccc1C21c2ccccc2Sc2c(-c3ccc(-c4cc(-c5ccccc5)nc(-c5ccccc5)n4)cc3)cccc21. The predicted octanol–water partition coefficient (Wildman–Crippen LogP) is 11.8. The number of nitrogens with zero attached hydrogens (tertiary/aromatic N) is 3. The maximum absolute atomic E-state index is 10.3. The number of benzene rings is 7. The molecule has 0 saturated heterocycles. The van der Waals surface area contributed by atoms with Gasteiger partial charge in [0.1, 0.15) is 0 Å². The van der Waals surface area contributed by atoms with Crippen molar-refractivity contribution in [1.82, 2.24) is 9.97 Å². The zero-order valence-electron chi connectivity index (χ0n) is 28.0. The van der Waals surface area contributed by atoms with Gasteiger partial charge in [0.05, 0.1) is 28.4 Å². The summed E-state index contributed by atoms with van der Waals surface area (Å²) < 4.78 is 0. The Labute approximate surface area is 307 Å². The highest BCUT2D eigenvalue weighted by Crippen LogP contribution is 2.63. The average Bonchev–Trinajstić information content (AvgIpc) is 3.52. The number of rotatable bonds is 4. The molecule has 0 amide bonds. The van der Waals surface area contributed by atoms with Crippen molar-refractivity contribution in [3.63, 3.8) is 0 Å². The van der Waals surface area contributed by atoms with Gasteiger partial charge in [0.15, 0.2) is 5.82 Å². The van der Waals surface area contributed by atoms with Crippen LogP contribution in [0.5, 0.6) is 0 Å². The summed E-state index contributed by atoms with van der Waals surface area (Å²) in [6.45, 7) is 0. The zero-order chi connectivity index (χ0) is 34.6. The first kappa shape index (κ1) is 30.3. The van der Waals surface area contributed by atoms with Crippen molar-refractivity contribution in [2.24, 2.45) is 0 Å². The van der Waals surface area contributed by atoms with E-state index in [1.165, 1.54) is 37.6 Å². The summed E-state index contributed by atoms with van der Waals surface area (Å²) in [5.74, 6) is 0.704. The van der Waals surface area contributed by atoms with E-state index in [-0.39, 0.29) is 0 Å². The molecular weight excluding hydrogens is 651 g/mol. The van der Waals surface area contributed by atoms with Crippen LogP contribution in [0.2, 0.25) is 0 Å². The molecule has 1 aliphatic heterocycles. The van der Waals surface area contributed by atoms with Crippen LogP contribution >= 0.6 is 11.8 Å². The maximum atomic E-state index is 10.3. The molecule has 0 fully saturated rings. The molecule has 2 aliphatic rings. The van der Waals surface area contributed by atoms with Crippen molar-refractivity contribution in [2.45, 2.75) is 15.2 Å². The Morgan fingerprint density at radius 3 is 1.77 bits per heavy atom. The molecule has 52 heavy (non-hydrogen) atoms. The first-order valence-corrected chi connectivity index (χ1v) is 18.2. The molecule has 0 N–H and O–H groups in total. The van der Waals surface area contributed by atoms with Crippen LogP contribution in [0.25, 0.3) is 56.2 Å². The van der Waals surface area contributed by atoms with Crippen molar-refractivity contribution in [1.29, 1.82) is 5.26 Å². The van der Waals surface area contributed by atoms with E-state index >= 15 is 0 Å². The number of hydrogen-bond donors (Lipinski definition) is 0. The van der Waals surface area contributed by atoms with E-state index in [1.54, 1.807) is 0 Å². The summed E-state index contributed by atoms with van der Waals surface area (Å²) in [4.78, 5) is 12.5. The van der Waals surface area contributed by atoms with Gasteiger partial charge in [0, 0.05) is 32.0 Å². The minimum Gasteiger partial charge on any atom is -0.228 e. The molecule has 1 unspecified atom stereocenters. The fourth-order valence-electron chi connectivity index (χ4n) is 8.18. The minimum absolute atomic E-state index is 0.547. The lowest BCUT2D eigenvalue weighted by atomic mass is 9.67. The van der Waals surface area contributed by atoms with Crippen LogP contribution in [0, 0.1) is 11.3 Å². The molecule has 1 atom stereocenters. The Kier molecular flexibility index (Phi) is 7.02. The third kappa shape index (κ3) is 4.53. The molecule has 3 nitrogen and oxygen atoms in total. The molecular formula is C48H29N3S. The molecule has 2 heterocycles. The Hall–Kier alpha value is -6.54. The van der Waals surface area contributed by atoms with Gasteiger partial charge in [-0.05, 0) is 57.1 Å². The van der Waals surface area contributed by atoms with E-state index < -0.39 is 5.41 Å². The third-order valence-electron chi connectivity index (χ3n) is 10.4. The highest BCUT2D eigenvalue weighted by Gasteiger charge is 2.51. The van der Waals surface area contributed by atoms with E-state index in [0.29, 0.717) is 11.4 Å². The molecule has 0 saturated carbocycles. The van der Waals surface area contributed by atoms with Gasteiger partial charge in [-0.25, -0.2) is 9.97 Å². The molecule has 0 radical (unpaired) electrons. The average molecular weight is 680 g/mol. The molecule has 7 aromatic carbocycles. The molecule has 1 spiro atoms. The van der Waals surface area contributed by atoms with E-state index in [4.69, 9.17) is 9.97 Å². The fraction of sp³-hybridized carbons (Fsp3) is 0.0208. The summed E-state index contributed by atoms with van der Waals surface area (Å²) in [6, 6.07) is 64.2. The summed E-state index contributed by atoms with van der Waals surface area (Å²) in [7, 11) is 0. The van der Waals surface area contributed by atoms with Crippen LogP contribution in [-0.4, -0.2) is 9.97 Å². The van der Waals surface area contributed by atoms with E-state index in [2.05, 4.69) is 133 Å². The number of fused-ring (bicyclic) bond motifs is 9. The summed E-state index contributed by atoms with van der Waals surface area (Å²) >= 11 is 1.84. The Morgan fingerprint density at radius 2 is 1.02 bits per heavy atom. The largest absolute Gasteiger partial charge is 0.228 e. The lowest BCUT2D eigenvalue weighted by Crippen LogP contribution is -2.32. The highest BCUT2D eigenvalue weighted by atomic mass is 32.2. The molecule has 4 heteroatoms. The van der Waals surface area contributed by atoms with Crippen molar-refractivity contribution in [3.05, 3.63) is 204 Å². The standard InChI is InChI=1S/C48H29N3S/c49-30-35-17-11-22-40-45(35)37-18-7-8-20-38(37)48(40)39-21-9-10-24-44(39)52-46-36(19-12-23-41(46)48)31-25-27-33(28-26-31)43-29-42(32-13-3-1-4-14-32)50-47(51-43)34-15-5-2-6-16-34/h1-29H. The molecule has 1 aliphatic carbocycles. The molecule has 10 rings (SSSR count). The molecule has 1 aromatic heterocycles. The summed E-state index contributed by atoms with van der Waals surface area (Å²) in [5, 5.41) is 10.3. The first-order valence-electron chi connectivity index (χ1n) is 17.4. The normalized spacial score (nSPS) is 14.9. The topological polar surface area (TPSA) is 49.6 Å². The Balaban J connectivity index is 1.14. The van der Waals surface area contributed by atoms with Gasteiger partial charge in [-0.1, -0.05) is 169 Å². The van der Waals surface area contributed by atoms with Gasteiger partial charge in [0.2, 0.25) is 0 Å². The van der Waals surface area contributed by atoms with E-state index in [1.807, 2.05) is 60.3 Å². The molecule has 8 aromatic rings. The van der Waals surface area contributed by atoms with Gasteiger partial charge in [-0.2, -0.15) is 5.26 Å². The second-order valence-electron chi connectivity index (χ2n) is 13.2. The molecule has 0 bridgehead atoms. The van der Waals surface area contributed by atoms with Crippen LogP contribution in [-0.2, 0) is 5.41 Å². The second-order valence-corrected chi connectivity index (χ2v) is 14.2. The van der Waals surface area contributed by atoms with Crippen LogP contribution in [0.3, 0.4) is 0 Å². The van der Waals surface area contributed by atoms with Gasteiger partial charge in [-0.3, -0.25) is 0 Å². The number of hydrogen-bond acceptors (Lipinski definition) is 4. The Bertz CT molecular complexity index is 2660. The summed E-state index contributed by atoms with van der Waals surface area (Å²) in [5.41, 5.74) is 14.4. The second kappa shape index (κ2) is 12.1. The fourth-order valence-corrected chi connectivity index (χ4v) is 9.51.